The number of ether oxygens (including phenoxy) is 2. The van der Waals surface area contributed by atoms with Crippen LogP contribution in [0.3, 0.4) is 0 Å². The molecule has 0 fully saturated rings. The number of nitrogens with one attached hydrogen (secondary N) is 3. The van der Waals surface area contributed by atoms with E-state index in [1.54, 1.807) is 31.3 Å². The highest BCUT2D eigenvalue weighted by Gasteiger charge is 2.38. The lowest BCUT2D eigenvalue weighted by atomic mass is 9.91. The Morgan fingerprint density at radius 3 is 2.45 bits per heavy atom. The minimum atomic E-state index is -1.42. The second-order valence-electron chi connectivity index (χ2n) is 10.00. The van der Waals surface area contributed by atoms with E-state index in [9.17, 15) is 18.8 Å². The van der Waals surface area contributed by atoms with Crippen LogP contribution < -0.4 is 15.4 Å². The molecule has 3 aromatic carbocycles. The molecule has 0 radical (unpaired) electrons. The Bertz CT molecular complexity index is 1580. The second-order valence-corrected chi connectivity index (χ2v) is 10.00. The summed E-state index contributed by atoms with van der Waals surface area (Å²) in [6.45, 7) is 5.26. The monoisotopic (exact) mass is 545 g/mol. The molecule has 0 aliphatic carbocycles. The van der Waals surface area contributed by atoms with Crippen molar-refractivity contribution in [3.05, 3.63) is 89.4 Å². The molecule has 3 N–H and O–H groups in total. The number of fused-ring (bicyclic) bond motifs is 1. The lowest BCUT2D eigenvalue weighted by Gasteiger charge is -2.28. The Balaban J connectivity index is 1.74. The average molecular weight is 546 g/mol. The number of carbonyl (C=O) groups is 3. The van der Waals surface area contributed by atoms with E-state index in [1.807, 2.05) is 38.1 Å². The summed E-state index contributed by atoms with van der Waals surface area (Å²) >= 11 is 0. The predicted octanol–water partition coefficient (Wildman–Crippen LogP) is 5.03. The van der Waals surface area contributed by atoms with E-state index >= 15 is 0 Å². The number of H-pyrrole nitrogens is 1. The van der Waals surface area contributed by atoms with E-state index in [0.717, 1.165) is 22.5 Å². The summed E-state index contributed by atoms with van der Waals surface area (Å²) < 4.78 is 25.4. The van der Waals surface area contributed by atoms with Crippen LogP contribution in [0.1, 0.15) is 47.1 Å². The van der Waals surface area contributed by atoms with Crippen LogP contribution in [-0.4, -0.2) is 48.6 Å². The van der Waals surface area contributed by atoms with Crippen molar-refractivity contribution in [2.75, 3.05) is 14.2 Å². The van der Waals surface area contributed by atoms with Crippen molar-refractivity contribution in [1.29, 1.82) is 0 Å². The number of methoxy groups -OCH3 is 1. The largest absolute Gasteiger partial charge is 0.490 e. The van der Waals surface area contributed by atoms with E-state index in [1.165, 1.54) is 26.3 Å². The number of carbonyl (C=O) groups excluding carboxylic acids is 3. The van der Waals surface area contributed by atoms with Crippen molar-refractivity contribution in [3.8, 4) is 16.9 Å². The first-order chi connectivity index (χ1) is 19.0. The number of benzene rings is 3. The van der Waals surface area contributed by atoms with Gasteiger partial charge in [-0.3, -0.25) is 9.59 Å². The lowest BCUT2D eigenvalue weighted by molar-refractivity contribution is -0.147. The minimum Gasteiger partial charge on any atom is -0.490 e. The van der Waals surface area contributed by atoms with Gasteiger partial charge in [-0.25, -0.2) is 9.18 Å². The fraction of sp³-hybridized carbons (Fsp3) is 0.258. The molecule has 2 amide bonds. The maximum absolute atomic E-state index is 14.4. The molecule has 0 spiro atoms. The van der Waals surface area contributed by atoms with Gasteiger partial charge in [0.2, 0.25) is 0 Å². The van der Waals surface area contributed by atoms with Crippen molar-refractivity contribution < 1.29 is 28.2 Å². The average Bonchev–Trinajstić information content (AvgIpc) is 3.33. The van der Waals surface area contributed by atoms with Gasteiger partial charge < -0.3 is 25.1 Å². The third kappa shape index (κ3) is 5.98. The van der Waals surface area contributed by atoms with Crippen LogP contribution in [0.2, 0.25) is 0 Å². The van der Waals surface area contributed by atoms with Gasteiger partial charge in [0.1, 0.15) is 17.1 Å². The van der Waals surface area contributed by atoms with Crippen molar-refractivity contribution in [1.82, 2.24) is 15.6 Å². The highest BCUT2D eigenvalue weighted by molar-refractivity contribution is 6.02. The molecule has 0 saturated carbocycles. The van der Waals surface area contributed by atoms with Gasteiger partial charge in [-0.15, -0.1) is 0 Å². The number of para-hydroxylation sites is 1. The first-order valence-corrected chi connectivity index (χ1v) is 12.8. The molecule has 1 unspecified atom stereocenters. The number of aromatic nitrogens is 1. The molecule has 0 bridgehead atoms. The summed E-state index contributed by atoms with van der Waals surface area (Å²) in [5.74, 6) is -1.94. The molecule has 4 aromatic rings. The molecule has 4 rings (SSSR count). The van der Waals surface area contributed by atoms with Crippen molar-refractivity contribution >= 4 is 28.7 Å². The van der Waals surface area contributed by atoms with Gasteiger partial charge in [0.05, 0.1) is 18.8 Å². The molecule has 40 heavy (non-hydrogen) atoms. The number of halogens is 1. The zero-order valence-corrected chi connectivity index (χ0v) is 23.1. The van der Waals surface area contributed by atoms with Gasteiger partial charge in [-0.05, 0) is 73.9 Å². The molecule has 8 nitrogen and oxygen atoms in total. The number of aromatic amines is 1. The van der Waals surface area contributed by atoms with E-state index in [0.29, 0.717) is 16.9 Å². The smallest absolute Gasteiger partial charge is 0.331 e. The number of amides is 2. The Hall–Kier alpha value is -4.66. The van der Waals surface area contributed by atoms with E-state index in [4.69, 9.17) is 9.47 Å². The molecule has 0 aliphatic heterocycles. The summed E-state index contributed by atoms with van der Waals surface area (Å²) in [5, 5.41) is 6.27. The number of rotatable bonds is 9. The Labute approximate surface area is 231 Å². The third-order valence-corrected chi connectivity index (χ3v) is 6.55. The minimum absolute atomic E-state index is 0.142. The molecule has 9 heteroatoms. The van der Waals surface area contributed by atoms with Gasteiger partial charge in [-0.1, -0.05) is 24.3 Å². The van der Waals surface area contributed by atoms with Crippen LogP contribution in [0.25, 0.3) is 22.0 Å². The SMILES string of the molecule is CNC(=O)c1cc(F)cc(-c2ccc(OC(C)C)c(C(=O)NC(C)(Cc3c[nH]c4ccccc34)C(=O)OC)c2)c1. The Kier molecular flexibility index (Phi) is 8.23. The topological polar surface area (TPSA) is 110 Å². The lowest BCUT2D eigenvalue weighted by Crippen LogP contribution is -2.54. The Morgan fingerprint density at radius 2 is 1.75 bits per heavy atom. The maximum atomic E-state index is 14.4. The first-order valence-electron chi connectivity index (χ1n) is 12.8. The Morgan fingerprint density at radius 1 is 1.00 bits per heavy atom. The van der Waals surface area contributed by atoms with E-state index in [2.05, 4.69) is 15.6 Å². The van der Waals surface area contributed by atoms with Gasteiger partial charge in [0.15, 0.2) is 0 Å². The molecule has 208 valence electrons. The zero-order valence-electron chi connectivity index (χ0n) is 23.1. The van der Waals surface area contributed by atoms with Crippen LogP contribution in [-0.2, 0) is 16.0 Å². The quantitative estimate of drug-likeness (QED) is 0.256. The fourth-order valence-electron chi connectivity index (χ4n) is 4.64. The van der Waals surface area contributed by atoms with Crippen molar-refractivity contribution in [2.45, 2.75) is 38.8 Å². The standard InChI is InChI=1S/C31H32FN3O5/c1-18(2)40-27-11-10-19(20-12-21(28(36)33-4)14-23(32)13-20)15-25(27)29(37)35-31(3,30(38)39-5)16-22-17-34-26-9-7-6-8-24(22)26/h6-15,17-18,34H,16H2,1-5H3,(H,33,36)(H,35,37). The predicted molar refractivity (Wildman–Crippen MR) is 151 cm³/mol. The summed E-state index contributed by atoms with van der Waals surface area (Å²) in [7, 11) is 2.73. The van der Waals surface area contributed by atoms with Gasteiger partial charge in [0, 0.05) is 36.1 Å². The van der Waals surface area contributed by atoms with E-state index in [-0.39, 0.29) is 23.7 Å². The van der Waals surface area contributed by atoms with Crippen LogP contribution >= 0.6 is 0 Å². The number of hydrogen-bond acceptors (Lipinski definition) is 5. The molecule has 1 atom stereocenters. The van der Waals surface area contributed by atoms with Gasteiger partial charge in [-0.2, -0.15) is 0 Å². The molecule has 0 aliphatic rings. The molecular formula is C31H32FN3O5. The highest BCUT2D eigenvalue weighted by atomic mass is 19.1. The van der Waals surface area contributed by atoms with Crippen LogP contribution in [0.5, 0.6) is 5.75 Å². The first kappa shape index (κ1) is 28.4. The third-order valence-electron chi connectivity index (χ3n) is 6.55. The molecule has 1 aromatic heterocycles. The summed E-state index contributed by atoms with van der Waals surface area (Å²) in [6.07, 6.45) is 1.72. The summed E-state index contributed by atoms with van der Waals surface area (Å²) in [4.78, 5) is 42.2. The van der Waals surface area contributed by atoms with Crippen LogP contribution in [0, 0.1) is 5.82 Å². The van der Waals surface area contributed by atoms with Gasteiger partial charge in [0.25, 0.3) is 11.8 Å². The number of hydrogen-bond donors (Lipinski definition) is 3. The normalized spacial score (nSPS) is 12.6. The molecular weight excluding hydrogens is 513 g/mol. The fourth-order valence-corrected chi connectivity index (χ4v) is 4.64. The van der Waals surface area contributed by atoms with Crippen molar-refractivity contribution in [2.24, 2.45) is 0 Å². The second kappa shape index (κ2) is 11.6. The zero-order chi connectivity index (χ0) is 29.0. The highest BCUT2D eigenvalue weighted by Crippen LogP contribution is 2.30. The summed E-state index contributed by atoms with van der Waals surface area (Å²) in [5.41, 5.74) is 1.49. The summed E-state index contributed by atoms with van der Waals surface area (Å²) in [6, 6.07) is 16.5. The van der Waals surface area contributed by atoms with Crippen LogP contribution in [0.4, 0.5) is 4.39 Å². The van der Waals surface area contributed by atoms with Crippen LogP contribution in [0.15, 0.2) is 66.9 Å². The van der Waals surface area contributed by atoms with Crippen molar-refractivity contribution in [3.63, 3.8) is 0 Å². The molecule has 1 heterocycles. The number of esters is 1. The molecule has 0 saturated heterocycles. The van der Waals surface area contributed by atoms with E-state index < -0.39 is 29.1 Å². The maximum Gasteiger partial charge on any atom is 0.331 e. The van der Waals surface area contributed by atoms with Gasteiger partial charge >= 0.3 is 5.97 Å².